The van der Waals surface area contributed by atoms with Gasteiger partial charge in [-0.25, -0.2) is 4.21 Å². The molecule has 1 heterocycles. The van der Waals surface area contributed by atoms with Gasteiger partial charge in [0.15, 0.2) is 0 Å². The Morgan fingerprint density at radius 2 is 1.84 bits per heavy atom. The van der Waals surface area contributed by atoms with Crippen molar-refractivity contribution in [3.63, 3.8) is 0 Å². The fraction of sp³-hybridized carbons (Fsp3) is 0.476. The summed E-state index contributed by atoms with van der Waals surface area (Å²) in [5, 5.41) is 2.31. The summed E-state index contributed by atoms with van der Waals surface area (Å²) in [7, 11) is -1.27. The van der Waals surface area contributed by atoms with Crippen LogP contribution in [0.15, 0.2) is 40.8 Å². The van der Waals surface area contributed by atoms with E-state index in [9.17, 15) is 4.21 Å². The first-order valence-corrected chi connectivity index (χ1v) is 10.0. The summed E-state index contributed by atoms with van der Waals surface area (Å²) in [6.07, 6.45) is 1.77. The molecule has 2 aromatic carbocycles. The Hall–Kier alpha value is -1.68. The summed E-state index contributed by atoms with van der Waals surface area (Å²) in [5.74, 6) is 1.40. The van der Waals surface area contributed by atoms with Gasteiger partial charge in [-0.2, -0.15) is 4.40 Å². The van der Waals surface area contributed by atoms with E-state index in [1.807, 2.05) is 32.9 Å². The normalized spacial score (nSPS) is 20.6. The van der Waals surface area contributed by atoms with Crippen molar-refractivity contribution in [3.8, 4) is 5.75 Å². The van der Waals surface area contributed by atoms with E-state index in [-0.39, 0.29) is 10.9 Å². The van der Waals surface area contributed by atoms with Gasteiger partial charge in [-0.3, -0.25) is 0 Å². The Morgan fingerprint density at radius 1 is 1.20 bits per heavy atom. The van der Waals surface area contributed by atoms with Gasteiger partial charge in [0.1, 0.15) is 22.8 Å². The quantitative estimate of drug-likeness (QED) is 0.749. The van der Waals surface area contributed by atoms with Crippen LogP contribution in [0.3, 0.4) is 0 Å². The smallest absolute Gasteiger partial charge is 0.145 e. The maximum absolute atomic E-state index is 12.6. The van der Waals surface area contributed by atoms with E-state index in [1.165, 1.54) is 0 Å². The number of hydrogen-bond acceptors (Lipinski definition) is 2. The van der Waals surface area contributed by atoms with E-state index in [2.05, 4.69) is 42.5 Å². The summed E-state index contributed by atoms with van der Waals surface area (Å²) in [6.45, 7) is 10.3. The van der Waals surface area contributed by atoms with Gasteiger partial charge in [0.05, 0.1) is 10.5 Å². The molecule has 4 heteroatoms. The van der Waals surface area contributed by atoms with E-state index in [0.29, 0.717) is 12.3 Å². The van der Waals surface area contributed by atoms with Crippen LogP contribution in [0.5, 0.6) is 5.75 Å². The number of ether oxygens (including phenoxy) is 1. The van der Waals surface area contributed by atoms with Gasteiger partial charge in [0.2, 0.25) is 0 Å². The number of hydrogen-bond donors (Lipinski definition) is 0. The fourth-order valence-corrected chi connectivity index (χ4v) is 3.72. The second-order valence-corrected chi connectivity index (χ2v) is 10.1. The van der Waals surface area contributed by atoms with Crippen molar-refractivity contribution in [2.24, 2.45) is 10.3 Å². The molecule has 0 unspecified atom stereocenters. The third kappa shape index (κ3) is 4.12. The Labute approximate surface area is 153 Å². The largest absolute Gasteiger partial charge is 0.489 e. The summed E-state index contributed by atoms with van der Waals surface area (Å²) < 4.78 is 23.1. The molecule has 0 amide bonds. The first-order valence-electron chi connectivity index (χ1n) is 8.93. The van der Waals surface area contributed by atoms with Crippen molar-refractivity contribution in [1.29, 1.82) is 0 Å². The fourth-order valence-electron chi connectivity index (χ4n) is 3.07. The Balaban J connectivity index is 2.09. The lowest BCUT2D eigenvalue weighted by Gasteiger charge is -2.29. The zero-order chi connectivity index (χ0) is 18.2. The molecule has 0 N–H and O–H groups in total. The van der Waals surface area contributed by atoms with Crippen molar-refractivity contribution in [2.75, 3.05) is 0 Å². The van der Waals surface area contributed by atoms with Crippen molar-refractivity contribution < 1.29 is 8.95 Å². The highest BCUT2D eigenvalue weighted by atomic mass is 32.2. The zero-order valence-electron chi connectivity index (χ0n) is 15.7. The molecule has 0 bridgehead atoms. The predicted octanol–water partition coefficient (Wildman–Crippen LogP) is 5.29. The second kappa shape index (κ2) is 6.91. The van der Waals surface area contributed by atoms with Crippen LogP contribution in [0.4, 0.5) is 0 Å². The lowest BCUT2D eigenvalue weighted by Crippen LogP contribution is -2.30. The minimum absolute atomic E-state index is 0.0874. The molecule has 0 aliphatic carbocycles. The number of nitrogens with zero attached hydrogens (tertiary/aromatic N) is 1. The summed E-state index contributed by atoms with van der Waals surface area (Å²) >= 11 is 0. The van der Waals surface area contributed by atoms with E-state index in [1.54, 1.807) is 0 Å². The zero-order valence-corrected chi connectivity index (χ0v) is 16.5. The molecule has 3 nitrogen and oxygen atoms in total. The molecule has 0 fully saturated rings. The van der Waals surface area contributed by atoms with Gasteiger partial charge in [-0.05, 0) is 56.0 Å². The molecule has 2 atom stereocenters. The van der Waals surface area contributed by atoms with E-state index in [4.69, 9.17) is 4.74 Å². The molecule has 0 radical (unpaired) electrons. The van der Waals surface area contributed by atoms with Crippen LogP contribution in [-0.4, -0.2) is 20.8 Å². The van der Waals surface area contributed by atoms with Crippen molar-refractivity contribution >= 4 is 27.5 Å². The lowest BCUT2D eigenvalue weighted by atomic mass is 9.93. The highest BCUT2D eigenvalue weighted by molar-refractivity contribution is 7.85. The summed E-state index contributed by atoms with van der Waals surface area (Å²) in [5.41, 5.74) is 1.89. The third-order valence-corrected chi connectivity index (χ3v) is 5.76. The number of rotatable bonds is 3. The third-order valence-electron chi connectivity index (χ3n) is 4.32. The number of fused-ring (bicyclic) bond motifs is 2. The average Bonchev–Trinajstić information content (AvgIpc) is 2.51. The predicted molar refractivity (Wildman–Crippen MR) is 107 cm³/mol. The molecule has 1 aliphatic heterocycles. The Bertz CT molecular complexity index is 833. The van der Waals surface area contributed by atoms with Gasteiger partial charge < -0.3 is 4.74 Å². The minimum Gasteiger partial charge on any atom is -0.489 e. The topological polar surface area (TPSA) is 38.7 Å². The van der Waals surface area contributed by atoms with Crippen molar-refractivity contribution in [3.05, 3.63) is 42.0 Å². The summed E-state index contributed by atoms with van der Waals surface area (Å²) in [6, 6.07) is 12.5. The van der Waals surface area contributed by atoms with Gasteiger partial charge in [-0.1, -0.05) is 38.1 Å². The number of benzene rings is 2. The molecule has 0 aromatic heterocycles. The Morgan fingerprint density at radius 3 is 2.44 bits per heavy atom. The highest BCUT2D eigenvalue weighted by Gasteiger charge is 2.28. The SMILES string of the molecule is CC(C)C[C@H]1C/C(=N\[S@@](=O)C(C)(C)C)c2cc3ccccc3cc2O1. The molecule has 0 spiro atoms. The summed E-state index contributed by atoms with van der Waals surface area (Å²) in [4.78, 5) is 0. The van der Waals surface area contributed by atoms with Crippen LogP contribution in [0.1, 0.15) is 53.0 Å². The molecule has 3 rings (SSSR count). The Kier molecular flexibility index (Phi) is 5.01. The van der Waals surface area contributed by atoms with Crippen LogP contribution in [0, 0.1) is 5.92 Å². The second-order valence-electron chi connectivity index (χ2n) is 8.17. The van der Waals surface area contributed by atoms with E-state index >= 15 is 0 Å². The van der Waals surface area contributed by atoms with Crippen molar-refractivity contribution in [1.82, 2.24) is 0 Å². The molecule has 2 aromatic rings. The van der Waals surface area contributed by atoms with Crippen LogP contribution >= 0.6 is 0 Å². The standard InChI is InChI=1S/C21H27NO2S/c1-14(2)10-17-13-19(22-25(23)21(3,4)5)18-11-15-8-6-7-9-16(15)12-20(18)24-17/h6-9,11-12,14,17H,10,13H2,1-5H3/b22-19+/t17-,25-/m0/s1. The van der Waals surface area contributed by atoms with Gasteiger partial charge in [0.25, 0.3) is 0 Å². The molecule has 25 heavy (non-hydrogen) atoms. The minimum atomic E-state index is -1.27. The maximum Gasteiger partial charge on any atom is 0.145 e. The first kappa shape index (κ1) is 18.1. The van der Waals surface area contributed by atoms with Gasteiger partial charge >= 0.3 is 0 Å². The maximum atomic E-state index is 12.6. The van der Waals surface area contributed by atoms with E-state index in [0.717, 1.165) is 34.2 Å². The monoisotopic (exact) mass is 357 g/mol. The van der Waals surface area contributed by atoms with Crippen LogP contribution in [0.2, 0.25) is 0 Å². The first-order chi connectivity index (χ1) is 11.7. The molecule has 134 valence electrons. The van der Waals surface area contributed by atoms with Crippen LogP contribution in [0.25, 0.3) is 10.8 Å². The highest BCUT2D eigenvalue weighted by Crippen LogP contribution is 2.34. The van der Waals surface area contributed by atoms with Crippen molar-refractivity contribution in [2.45, 2.75) is 58.3 Å². The van der Waals surface area contributed by atoms with Crippen LogP contribution < -0.4 is 4.74 Å². The lowest BCUT2D eigenvalue weighted by molar-refractivity contribution is 0.175. The van der Waals surface area contributed by atoms with Gasteiger partial charge in [-0.15, -0.1) is 0 Å². The molecular formula is C21H27NO2S. The van der Waals surface area contributed by atoms with Gasteiger partial charge in [0, 0.05) is 12.0 Å². The molecule has 1 aliphatic rings. The molecular weight excluding hydrogens is 330 g/mol. The van der Waals surface area contributed by atoms with E-state index < -0.39 is 11.0 Å². The van der Waals surface area contributed by atoms with Crippen LogP contribution in [-0.2, 0) is 11.0 Å². The molecule has 0 saturated heterocycles. The average molecular weight is 358 g/mol. The molecule has 0 saturated carbocycles.